The van der Waals surface area contributed by atoms with Crippen molar-refractivity contribution in [1.29, 1.82) is 0 Å². The molecule has 0 aromatic rings. The van der Waals surface area contributed by atoms with E-state index >= 15 is 0 Å². The van der Waals surface area contributed by atoms with Crippen molar-refractivity contribution < 1.29 is 4.79 Å². The largest absolute Gasteiger partial charge is 0.300 e. The van der Waals surface area contributed by atoms with Crippen LogP contribution in [0.15, 0.2) is 0 Å². The normalized spacial score (nSPS) is 59.4. The van der Waals surface area contributed by atoms with Crippen molar-refractivity contribution in [2.24, 2.45) is 128 Å². The zero-order valence-electron chi connectivity index (χ0n) is 38.0. The Bertz CT molecular complexity index is 1340. The molecule has 0 heterocycles. The van der Waals surface area contributed by atoms with Gasteiger partial charge in [0.1, 0.15) is 5.78 Å². The van der Waals surface area contributed by atoms with Crippen LogP contribution in [0.5, 0.6) is 0 Å². The first kappa shape index (κ1) is 40.4. The topological polar surface area (TPSA) is 17.1 Å². The van der Waals surface area contributed by atoms with Crippen molar-refractivity contribution in [2.45, 2.75) is 199 Å². The maximum Gasteiger partial charge on any atom is 0.133 e. The van der Waals surface area contributed by atoms with Crippen LogP contribution in [0.2, 0.25) is 0 Å². The molecule has 0 aromatic heterocycles. The third-order valence-electron chi connectivity index (χ3n) is 23.3. The zero-order valence-corrected chi connectivity index (χ0v) is 38.0. The van der Waals surface area contributed by atoms with Gasteiger partial charge in [0.15, 0.2) is 0 Å². The van der Waals surface area contributed by atoms with E-state index in [1.807, 2.05) is 0 Å². The van der Waals surface area contributed by atoms with Gasteiger partial charge < -0.3 is 0 Å². The Hall–Kier alpha value is -0.330. The van der Waals surface area contributed by atoms with Gasteiger partial charge in [-0.1, -0.05) is 89.5 Å². The van der Waals surface area contributed by atoms with Crippen LogP contribution in [0.4, 0.5) is 0 Å². The summed E-state index contributed by atoms with van der Waals surface area (Å²) in [6.07, 6.45) is 25.3. The predicted octanol–water partition coefficient (Wildman–Crippen LogP) is 15.0. The Morgan fingerprint density at radius 3 is 1.80 bits per heavy atom. The Balaban J connectivity index is 0.926. The standard InChI is InChI=1S/C53H90O/c1-31-13-14-40(38(8)49(31)43-25-34(4)48(35(5)26-43)42-23-32(2)37(7)33(3)24-42)28-39-17-21-51(10)47-27-36(6)53(12)45(41-15-16-44(54)29-41)19-22-52(53,11)46(47)18-20-50(51,9)30-39/h31-43,45-49H,13-30H2,1-12H3. The monoisotopic (exact) mass is 743 g/mol. The molecule has 0 radical (unpaired) electrons. The summed E-state index contributed by atoms with van der Waals surface area (Å²) in [5.41, 5.74) is 1.88. The van der Waals surface area contributed by atoms with Gasteiger partial charge in [-0.05, 0) is 224 Å². The first-order chi connectivity index (χ1) is 25.4. The lowest BCUT2D eigenvalue weighted by Gasteiger charge is -2.70. The third-order valence-corrected chi connectivity index (χ3v) is 23.3. The summed E-state index contributed by atoms with van der Waals surface area (Å²) in [4.78, 5) is 12.5. The molecule has 0 N–H and O–H groups in total. The van der Waals surface area contributed by atoms with Gasteiger partial charge >= 0.3 is 0 Å². The van der Waals surface area contributed by atoms with Gasteiger partial charge in [-0.2, -0.15) is 0 Å². The number of carbonyl (C=O) groups is 1. The fourth-order valence-corrected chi connectivity index (χ4v) is 19.7. The summed E-state index contributed by atoms with van der Waals surface area (Å²) in [5.74, 6) is 16.7. The van der Waals surface area contributed by atoms with E-state index < -0.39 is 0 Å². The maximum atomic E-state index is 12.5. The van der Waals surface area contributed by atoms with Gasteiger partial charge in [-0.3, -0.25) is 4.79 Å². The first-order valence-corrected chi connectivity index (χ1v) is 24.9. The van der Waals surface area contributed by atoms with Crippen LogP contribution in [0.1, 0.15) is 199 Å². The number of ketones is 1. The molecule has 8 aliphatic rings. The van der Waals surface area contributed by atoms with Crippen molar-refractivity contribution in [3.63, 3.8) is 0 Å². The second-order valence-electron chi connectivity index (χ2n) is 25.2. The molecular formula is C53H90O. The SMILES string of the molecule is CC1CC(C2C(C)CC(C3C(C)CCC(CC4CCC5(C)C6CC(C)C7(C)C(C8CCC(=O)C8)CCC7(C)C6CCC5(C)C4)C3C)CC2C)CC(C)C1C. The quantitative estimate of drug-likeness (QED) is 0.274. The molecular weight excluding hydrogens is 653 g/mol. The van der Waals surface area contributed by atoms with Gasteiger partial charge in [0, 0.05) is 12.8 Å². The Morgan fingerprint density at radius 1 is 0.537 bits per heavy atom. The molecule has 0 spiro atoms. The smallest absolute Gasteiger partial charge is 0.133 e. The van der Waals surface area contributed by atoms with E-state index in [0.29, 0.717) is 33.4 Å². The van der Waals surface area contributed by atoms with E-state index in [2.05, 4.69) is 83.1 Å². The molecule has 8 rings (SSSR count). The minimum Gasteiger partial charge on any atom is -0.300 e. The van der Waals surface area contributed by atoms with Crippen LogP contribution in [-0.2, 0) is 4.79 Å². The van der Waals surface area contributed by atoms with Crippen LogP contribution in [0.25, 0.3) is 0 Å². The lowest BCUT2D eigenvalue weighted by atomic mass is 9.35. The van der Waals surface area contributed by atoms with Crippen LogP contribution in [-0.4, -0.2) is 5.78 Å². The van der Waals surface area contributed by atoms with Crippen LogP contribution in [0, 0.1) is 128 Å². The van der Waals surface area contributed by atoms with Gasteiger partial charge in [0.05, 0.1) is 0 Å². The molecule has 18 unspecified atom stereocenters. The van der Waals surface area contributed by atoms with E-state index in [0.717, 1.165) is 113 Å². The zero-order chi connectivity index (χ0) is 38.7. The molecule has 0 aliphatic heterocycles. The lowest BCUT2D eigenvalue weighted by Crippen LogP contribution is -2.62. The maximum absolute atomic E-state index is 12.5. The van der Waals surface area contributed by atoms with E-state index in [1.54, 1.807) is 0 Å². The van der Waals surface area contributed by atoms with E-state index in [-0.39, 0.29) is 0 Å². The van der Waals surface area contributed by atoms with E-state index in [4.69, 9.17) is 0 Å². The highest BCUT2D eigenvalue weighted by atomic mass is 16.1. The molecule has 8 fully saturated rings. The Kier molecular flexibility index (Phi) is 10.8. The molecule has 0 amide bonds. The highest BCUT2D eigenvalue weighted by molar-refractivity contribution is 5.80. The summed E-state index contributed by atoms with van der Waals surface area (Å²) in [7, 11) is 0. The van der Waals surface area contributed by atoms with Crippen molar-refractivity contribution in [3.05, 3.63) is 0 Å². The van der Waals surface area contributed by atoms with Gasteiger partial charge in [0.2, 0.25) is 0 Å². The minimum absolute atomic E-state index is 0.413. The van der Waals surface area contributed by atoms with Crippen molar-refractivity contribution in [1.82, 2.24) is 0 Å². The highest BCUT2D eigenvalue weighted by Crippen LogP contribution is 2.77. The van der Waals surface area contributed by atoms with Gasteiger partial charge in [-0.15, -0.1) is 0 Å². The number of carbonyl (C=O) groups excluding carboxylic acids is 1. The molecule has 0 aromatic carbocycles. The van der Waals surface area contributed by atoms with Crippen molar-refractivity contribution in [2.75, 3.05) is 0 Å². The predicted molar refractivity (Wildman–Crippen MR) is 229 cm³/mol. The number of Topliss-reactive ketones (excluding diaryl/α,β-unsaturated/α-hetero) is 1. The summed E-state index contributed by atoms with van der Waals surface area (Å²) in [6, 6.07) is 0. The number of hydrogen-bond donors (Lipinski definition) is 0. The van der Waals surface area contributed by atoms with Gasteiger partial charge in [-0.25, -0.2) is 0 Å². The molecule has 8 saturated carbocycles. The summed E-state index contributed by atoms with van der Waals surface area (Å²) in [5, 5.41) is 0. The minimum atomic E-state index is 0.413. The lowest BCUT2D eigenvalue weighted by molar-refractivity contribution is -0.211. The molecule has 8 aliphatic carbocycles. The molecule has 308 valence electrons. The molecule has 54 heavy (non-hydrogen) atoms. The molecule has 0 saturated heterocycles. The number of fused-ring (bicyclic) bond motifs is 5. The van der Waals surface area contributed by atoms with E-state index in [1.165, 1.54) is 103 Å². The average Bonchev–Trinajstić information content (AvgIpc) is 3.65. The molecule has 1 heteroatoms. The van der Waals surface area contributed by atoms with Crippen molar-refractivity contribution in [3.8, 4) is 0 Å². The van der Waals surface area contributed by atoms with Crippen molar-refractivity contribution >= 4 is 5.78 Å². The average molecular weight is 743 g/mol. The fraction of sp³-hybridized carbons (Fsp3) is 0.981. The van der Waals surface area contributed by atoms with Crippen LogP contribution >= 0.6 is 0 Å². The Morgan fingerprint density at radius 2 is 1.15 bits per heavy atom. The van der Waals surface area contributed by atoms with E-state index in [9.17, 15) is 4.79 Å². The third kappa shape index (κ3) is 6.17. The summed E-state index contributed by atoms with van der Waals surface area (Å²) < 4.78 is 0. The second kappa shape index (κ2) is 14.4. The van der Waals surface area contributed by atoms with Crippen LogP contribution < -0.4 is 0 Å². The van der Waals surface area contributed by atoms with Crippen LogP contribution in [0.3, 0.4) is 0 Å². The van der Waals surface area contributed by atoms with Gasteiger partial charge in [0.25, 0.3) is 0 Å². The molecule has 18 atom stereocenters. The number of rotatable bonds is 5. The highest BCUT2D eigenvalue weighted by Gasteiger charge is 2.70. The fourth-order valence-electron chi connectivity index (χ4n) is 19.7. The Labute approximate surface area is 336 Å². The first-order valence-electron chi connectivity index (χ1n) is 24.9. The number of hydrogen-bond acceptors (Lipinski definition) is 1. The summed E-state index contributed by atoms with van der Waals surface area (Å²) in [6.45, 7) is 32.3. The summed E-state index contributed by atoms with van der Waals surface area (Å²) >= 11 is 0. The molecule has 0 bridgehead atoms. The second-order valence-corrected chi connectivity index (χ2v) is 25.2. The molecule has 1 nitrogen and oxygen atoms in total.